The topological polar surface area (TPSA) is 85.2 Å². The third kappa shape index (κ3) is 3.98. The first-order valence-corrected chi connectivity index (χ1v) is 10.1. The Morgan fingerprint density at radius 1 is 0.871 bits per heavy atom. The van der Waals surface area contributed by atoms with Gasteiger partial charge in [-0.3, -0.25) is 0 Å². The van der Waals surface area contributed by atoms with Crippen molar-refractivity contribution in [2.24, 2.45) is 0 Å². The second-order valence-corrected chi connectivity index (χ2v) is 7.31. The fraction of sp³-hybridized carbons (Fsp3) is 0.240. The van der Waals surface area contributed by atoms with E-state index in [1.165, 1.54) is 0 Å². The first-order valence-electron chi connectivity index (χ1n) is 10.1. The van der Waals surface area contributed by atoms with Crippen molar-refractivity contribution in [2.75, 3.05) is 19.8 Å². The molecular formula is C25H24O6. The largest absolute Gasteiger partial charge is 0.479 e. The van der Waals surface area contributed by atoms with Crippen LogP contribution in [0.1, 0.15) is 16.7 Å². The van der Waals surface area contributed by atoms with Crippen molar-refractivity contribution in [2.45, 2.75) is 17.5 Å². The average molecular weight is 420 g/mol. The van der Waals surface area contributed by atoms with Crippen LogP contribution in [0.5, 0.6) is 0 Å². The predicted molar refractivity (Wildman–Crippen MR) is 113 cm³/mol. The number of benzene rings is 3. The van der Waals surface area contributed by atoms with Crippen LogP contribution >= 0.6 is 0 Å². The Bertz CT molecular complexity index is 945. The number of hydrogen-bond donors (Lipinski definition) is 2. The molecule has 4 rings (SSSR count). The van der Waals surface area contributed by atoms with E-state index in [2.05, 4.69) is 0 Å². The molecule has 0 saturated carbocycles. The SMILES string of the molecule is O=C(O)C(O)C(OCC1(c2ccccc2)OCCO1)(c1ccccc1)c1ccccc1. The third-order valence-electron chi connectivity index (χ3n) is 5.48. The summed E-state index contributed by atoms with van der Waals surface area (Å²) in [6, 6.07) is 27.1. The lowest BCUT2D eigenvalue weighted by atomic mass is 9.81. The highest BCUT2D eigenvalue weighted by Crippen LogP contribution is 2.41. The van der Waals surface area contributed by atoms with Crippen molar-refractivity contribution in [3.63, 3.8) is 0 Å². The van der Waals surface area contributed by atoms with Crippen LogP contribution in [-0.2, 0) is 30.4 Å². The van der Waals surface area contributed by atoms with E-state index >= 15 is 0 Å². The number of ether oxygens (including phenoxy) is 3. The normalized spacial score (nSPS) is 16.7. The third-order valence-corrected chi connectivity index (χ3v) is 5.48. The van der Waals surface area contributed by atoms with Crippen molar-refractivity contribution in [3.05, 3.63) is 108 Å². The minimum absolute atomic E-state index is 0.120. The van der Waals surface area contributed by atoms with E-state index in [9.17, 15) is 15.0 Å². The quantitative estimate of drug-likeness (QED) is 0.582. The summed E-state index contributed by atoms with van der Waals surface area (Å²) in [5, 5.41) is 20.8. The van der Waals surface area contributed by atoms with Gasteiger partial charge in [0, 0.05) is 5.56 Å². The summed E-state index contributed by atoms with van der Waals surface area (Å²) in [7, 11) is 0. The summed E-state index contributed by atoms with van der Waals surface area (Å²) in [6.07, 6.45) is -1.87. The second-order valence-electron chi connectivity index (χ2n) is 7.31. The van der Waals surface area contributed by atoms with Crippen molar-refractivity contribution in [1.82, 2.24) is 0 Å². The Morgan fingerprint density at radius 2 is 1.32 bits per heavy atom. The van der Waals surface area contributed by atoms with Crippen LogP contribution in [0.25, 0.3) is 0 Å². The molecule has 3 aromatic carbocycles. The molecule has 0 aromatic heterocycles. The van der Waals surface area contributed by atoms with E-state index in [1.54, 1.807) is 48.5 Å². The maximum Gasteiger partial charge on any atom is 0.336 e. The van der Waals surface area contributed by atoms with E-state index in [4.69, 9.17) is 14.2 Å². The molecule has 1 saturated heterocycles. The minimum Gasteiger partial charge on any atom is -0.479 e. The summed E-state index contributed by atoms with van der Waals surface area (Å²) >= 11 is 0. The van der Waals surface area contributed by atoms with Gasteiger partial charge in [-0.05, 0) is 11.1 Å². The highest BCUT2D eigenvalue weighted by atomic mass is 16.8. The second kappa shape index (κ2) is 8.99. The zero-order valence-electron chi connectivity index (χ0n) is 16.9. The number of carboxylic acid groups (broad SMARTS) is 1. The zero-order chi connectivity index (χ0) is 21.7. The first kappa shape index (κ1) is 21.2. The summed E-state index contributed by atoms with van der Waals surface area (Å²) in [6.45, 7) is 0.637. The van der Waals surface area contributed by atoms with Gasteiger partial charge in [-0.25, -0.2) is 4.79 Å². The monoisotopic (exact) mass is 420 g/mol. The Balaban J connectivity index is 1.82. The summed E-state index contributed by atoms with van der Waals surface area (Å²) in [5.74, 6) is -2.59. The molecule has 6 nitrogen and oxygen atoms in total. The van der Waals surface area contributed by atoms with Gasteiger partial charge in [0.1, 0.15) is 6.61 Å². The minimum atomic E-state index is -1.87. The number of aliphatic carboxylic acids is 1. The predicted octanol–water partition coefficient (Wildman–Crippen LogP) is 3.29. The fourth-order valence-corrected chi connectivity index (χ4v) is 3.96. The number of rotatable bonds is 8. The van der Waals surface area contributed by atoms with Crippen LogP contribution in [0.2, 0.25) is 0 Å². The summed E-state index contributed by atoms with van der Waals surface area (Å²) < 4.78 is 18.3. The van der Waals surface area contributed by atoms with E-state index in [0.717, 1.165) is 5.56 Å². The van der Waals surface area contributed by atoms with E-state index < -0.39 is 23.5 Å². The van der Waals surface area contributed by atoms with E-state index in [0.29, 0.717) is 24.3 Å². The maximum atomic E-state index is 12.0. The highest BCUT2D eigenvalue weighted by molar-refractivity contribution is 5.75. The van der Waals surface area contributed by atoms with E-state index in [-0.39, 0.29) is 6.61 Å². The van der Waals surface area contributed by atoms with Gasteiger partial charge in [0.15, 0.2) is 11.7 Å². The smallest absolute Gasteiger partial charge is 0.336 e. The molecule has 0 bridgehead atoms. The van der Waals surface area contributed by atoms with Gasteiger partial charge < -0.3 is 24.4 Å². The molecule has 1 fully saturated rings. The van der Waals surface area contributed by atoms with Crippen LogP contribution in [-0.4, -0.2) is 42.1 Å². The molecule has 1 aliphatic heterocycles. The number of carbonyl (C=O) groups is 1. The fourth-order valence-electron chi connectivity index (χ4n) is 3.96. The number of aliphatic hydroxyl groups is 1. The molecule has 3 aromatic rings. The molecular weight excluding hydrogens is 396 g/mol. The number of carboxylic acids is 1. The van der Waals surface area contributed by atoms with Crippen LogP contribution in [0, 0.1) is 0 Å². The molecule has 1 unspecified atom stereocenters. The van der Waals surface area contributed by atoms with E-state index in [1.807, 2.05) is 42.5 Å². The Morgan fingerprint density at radius 3 is 1.77 bits per heavy atom. The standard InChI is InChI=1S/C25H24O6/c26-22(23(27)28)25(20-12-6-2-7-13-20,21-14-8-3-9-15-21)31-18-24(29-16-17-30-24)19-10-4-1-5-11-19/h1-15,22,26H,16-18H2,(H,27,28). The van der Waals surface area contributed by atoms with Crippen molar-refractivity contribution in [1.29, 1.82) is 0 Å². The van der Waals surface area contributed by atoms with Crippen LogP contribution < -0.4 is 0 Å². The van der Waals surface area contributed by atoms with Crippen LogP contribution in [0.15, 0.2) is 91.0 Å². The van der Waals surface area contributed by atoms with Gasteiger partial charge in [-0.2, -0.15) is 0 Å². The maximum absolute atomic E-state index is 12.0. The molecule has 1 aliphatic rings. The van der Waals surface area contributed by atoms with Crippen molar-refractivity contribution >= 4 is 5.97 Å². The Hall–Kier alpha value is -3.03. The molecule has 0 spiro atoms. The van der Waals surface area contributed by atoms with Gasteiger partial charge in [-0.15, -0.1) is 0 Å². The lowest BCUT2D eigenvalue weighted by Crippen LogP contribution is -2.50. The first-order chi connectivity index (χ1) is 15.1. The Kier molecular flexibility index (Phi) is 6.15. The highest BCUT2D eigenvalue weighted by Gasteiger charge is 2.50. The zero-order valence-corrected chi connectivity index (χ0v) is 16.9. The average Bonchev–Trinajstić information content (AvgIpc) is 3.31. The van der Waals surface area contributed by atoms with Crippen molar-refractivity contribution in [3.8, 4) is 0 Å². The molecule has 0 amide bonds. The Labute approximate surface area is 180 Å². The summed E-state index contributed by atoms with van der Waals surface area (Å²) in [4.78, 5) is 12.0. The van der Waals surface area contributed by atoms with Crippen molar-refractivity contribution < 1.29 is 29.2 Å². The number of aliphatic hydroxyl groups excluding tert-OH is 1. The molecule has 6 heteroatoms. The number of hydrogen-bond acceptors (Lipinski definition) is 5. The molecule has 0 aliphatic carbocycles. The summed E-state index contributed by atoms with van der Waals surface area (Å²) in [5.41, 5.74) is 0.104. The molecule has 31 heavy (non-hydrogen) atoms. The lowest BCUT2D eigenvalue weighted by molar-refractivity contribution is -0.236. The van der Waals surface area contributed by atoms with Gasteiger partial charge in [0.05, 0.1) is 13.2 Å². The molecule has 0 radical (unpaired) electrons. The van der Waals surface area contributed by atoms with Gasteiger partial charge in [0.25, 0.3) is 0 Å². The lowest BCUT2D eigenvalue weighted by Gasteiger charge is -2.40. The van der Waals surface area contributed by atoms with Crippen LogP contribution in [0.3, 0.4) is 0 Å². The molecule has 1 atom stereocenters. The van der Waals surface area contributed by atoms with Gasteiger partial charge in [-0.1, -0.05) is 91.0 Å². The molecule has 160 valence electrons. The van der Waals surface area contributed by atoms with Crippen LogP contribution in [0.4, 0.5) is 0 Å². The molecule has 1 heterocycles. The van der Waals surface area contributed by atoms with Gasteiger partial charge in [0.2, 0.25) is 5.79 Å². The molecule has 2 N–H and O–H groups in total. The van der Waals surface area contributed by atoms with Gasteiger partial charge >= 0.3 is 5.97 Å².